The van der Waals surface area contributed by atoms with Crippen molar-refractivity contribution in [3.63, 3.8) is 0 Å². The molecule has 18 heavy (non-hydrogen) atoms. The number of halogens is 3. The molecule has 0 bridgehead atoms. The van der Waals surface area contributed by atoms with Crippen LogP contribution in [0.25, 0.3) is 0 Å². The summed E-state index contributed by atoms with van der Waals surface area (Å²) in [4.78, 5) is 14.6. The van der Waals surface area contributed by atoms with Crippen LogP contribution in [0, 0.1) is 11.7 Å². The first-order chi connectivity index (χ1) is 8.49. The molecule has 2 nitrogen and oxygen atoms in total. The molecular formula is C13H14Br2FNO. The van der Waals surface area contributed by atoms with E-state index < -0.39 is 0 Å². The summed E-state index contributed by atoms with van der Waals surface area (Å²) in [6.45, 7) is 3.60. The second-order valence-corrected chi connectivity index (χ2v) is 6.69. The number of hydrogen-bond acceptors (Lipinski definition) is 1. The summed E-state index contributed by atoms with van der Waals surface area (Å²) in [7, 11) is 0. The van der Waals surface area contributed by atoms with E-state index in [0.717, 1.165) is 19.5 Å². The van der Waals surface area contributed by atoms with Gasteiger partial charge in [-0.3, -0.25) is 4.79 Å². The van der Waals surface area contributed by atoms with Gasteiger partial charge in [-0.1, -0.05) is 22.9 Å². The molecule has 98 valence electrons. The minimum Gasteiger partial charge on any atom is -0.338 e. The van der Waals surface area contributed by atoms with Gasteiger partial charge in [0.05, 0.1) is 5.56 Å². The third-order valence-electron chi connectivity index (χ3n) is 3.25. The number of piperidine rings is 1. The van der Waals surface area contributed by atoms with Crippen LogP contribution in [0.1, 0.15) is 23.7 Å². The van der Waals surface area contributed by atoms with Gasteiger partial charge in [0.1, 0.15) is 5.82 Å². The summed E-state index contributed by atoms with van der Waals surface area (Å²) in [5.74, 6) is 0.0565. The number of carbonyl (C=O) groups excluding carboxylic acids is 1. The van der Waals surface area contributed by atoms with Crippen molar-refractivity contribution in [3.8, 4) is 0 Å². The van der Waals surface area contributed by atoms with E-state index in [2.05, 4.69) is 38.8 Å². The van der Waals surface area contributed by atoms with Gasteiger partial charge < -0.3 is 4.90 Å². The molecule has 1 fully saturated rings. The topological polar surface area (TPSA) is 20.3 Å². The average Bonchev–Trinajstić information content (AvgIpc) is 2.32. The van der Waals surface area contributed by atoms with Gasteiger partial charge in [0.2, 0.25) is 0 Å². The number of nitrogens with zero attached hydrogens (tertiary/aromatic N) is 1. The highest BCUT2D eigenvalue weighted by Gasteiger charge is 2.28. The Labute approximate surface area is 123 Å². The maximum absolute atomic E-state index is 13.0. The van der Waals surface area contributed by atoms with E-state index in [9.17, 15) is 9.18 Å². The number of likely N-dealkylation sites (tertiary alicyclic amines) is 1. The fourth-order valence-electron chi connectivity index (χ4n) is 2.13. The highest BCUT2D eigenvalue weighted by Crippen LogP contribution is 2.26. The number of carbonyl (C=O) groups is 1. The van der Waals surface area contributed by atoms with E-state index in [-0.39, 0.29) is 11.7 Å². The van der Waals surface area contributed by atoms with Gasteiger partial charge in [-0.2, -0.15) is 0 Å². The zero-order valence-electron chi connectivity index (χ0n) is 10.00. The SMILES string of the molecule is CC1CN(C(=O)c2ccc(F)cc2Br)CCC1Br. The fraction of sp³-hybridized carbons (Fsp3) is 0.462. The molecule has 5 heteroatoms. The smallest absolute Gasteiger partial charge is 0.255 e. The van der Waals surface area contributed by atoms with Crippen molar-refractivity contribution in [2.24, 2.45) is 5.92 Å². The standard InChI is InChI=1S/C13H14Br2FNO/c1-8-7-17(5-4-11(8)14)13(18)10-3-2-9(16)6-12(10)15/h2-3,6,8,11H,4-5,7H2,1H3. The van der Waals surface area contributed by atoms with E-state index in [1.165, 1.54) is 18.2 Å². The van der Waals surface area contributed by atoms with Gasteiger partial charge in [-0.25, -0.2) is 4.39 Å². The maximum atomic E-state index is 13.0. The summed E-state index contributed by atoms with van der Waals surface area (Å²) in [6, 6.07) is 4.18. The number of benzene rings is 1. The van der Waals surface area contributed by atoms with Gasteiger partial charge in [0.15, 0.2) is 0 Å². The zero-order valence-corrected chi connectivity index (χ0v) is 13.2. The summed E-state index contributed by atoms with van der Waals surface area (Å²) >= 11 is 6.86. The second kappa shape index (κ2) is 5.70. The Bertz CT molecular complexity index is 466. The van der Waals surface area contributed by atoms with Crippen LogP contribution < -0.4 is 0 Å². The summed E-state index contributed by atoms with van der Waals surface area (Å²) < 4.78 is 13.5. The predicted octanol–water partition coefficient (Wildman–Crippen LogP) is 3.83. The first kappa shape index (κ1) is 14.0. The lowest BCUT2D eigenvalue weighted by Gasteiger charge is -2.34. The van der Waals surface area contributed by atoms with Crippen LogP contribution >= 0.6 is 31.9 Å². The monoisotopic (exact) mass is 377 g/mol. The predicted molar refractivity (Wildman–Crippen MR) is 76.5 cm³/mol. The lowest BCUT2D eigenvalue weighted by Crippen LogP contribution is -2.43. The van der Waals surface area contributed by atoms with Crippen molar-refractivity contribution in [2.45, 2.75) is 18.2 Å². The number of rotatable bonds is 1. The van der Waals surface area contributed by atoms with E-state index in [1.807, 2.05) is 4.90 Å². The Morgan fingerprint density at radius 1 is 1.50 bits per heavy atom. The summed E-state index contributed by atoms with van der Waals surface area (Å²) in [5.41, 5.74) is 0.525. The molecule has 1 aliphatic rings. The fourth-order valence-corrected chi connectivity index (χ4v) is 3.03. The molecule has 1 aliphatic heterocycles. The van der Waals surface area contributed by atoms with Crippen LogP contribution in [0.2, 0.25) is 0 Å². The van der Waals surface area contributed by atoms with Gasteiger partial charge in [-0.05, 0) is 46.5 Å². The Balaban J connectivity index is 2.16. The summed E-state index contributed by atoms with van der Waals surface area (Å²) in [5, 5.41) is 0. The van der Waals surface area contributed by atoms with Gasteiger partial charge in [0.25, 0.3) is 5.91 Å². The third-order valence-corrected chi connectivity index (χ3v) is 5.27. The molecule has 1 aromatic carbocycles. The Kier molecular flexibility index (Phi) is 4.43. The molecule has 0 aromatic heterocycles. The quantitative estimate of drug-likeness (QED) is 0.680. The largest absolute Gasteiger partial charge is 0.338 e. The molecule has 1 aromatic rings. The molecular weight excluding hydrogens is 365 g/mol. The Hall–Kier alpha value is -0.420. The normalized spacial score (nSPS) is 24.1. The number of alkyl halides is 1. The maximum Gasteiger partial charge on any atom is 0.255 e. The lowest BCUT2D eigenvalue weighted by molar-refractivity contribution is 0.0689. The second-order valence-electron chi connectivity index (χ2n) is 4.66. The molecule has 1 heterocycles. The number of amides is 1. The molecule has 1 saturated heterocycles. The molecule has 0 saturated carbocycles. The molecule has 0 N–H and O–H groups in total. The van der Waals surface area contributed by atoms with E-state index in [4.69, 9.17) is 0 Å². The van der Waals surface area contributed by atoms with Gasteiger partial charge >= 0.3 is 0 Å². The average molecular weight is 379 g/mol. The Morgan fingerprint density at radius 2 is 2.22 bits per heavy atom. The van der Waals surface area contributed by atoms with Crippen molar-refractivity contribution in [3.05, 3.63) is 34.1 Å². The molecule has 0 spiro atoms. The van der Waals surface area contributed by atoms with Crippen molar-refractivity contribution >= 4 is 37.8 Å². The molecule has 2 atom stereocenters. The van der Waals surface area contributed by atoms with Crippen molar-refractivity contribution < 1.29 is 9.18 Å². The van der Waals surface area contributed by atoms with Crippen LogP contribution in [0.5, 0.6) is 0 Å². The highest BCUT2D eigenvalue weighted by molar-refractivity contribution is 9.10. The van der Waals surface area contributed by atoms with Crippen LogP contribution in [0.3, 0.4) is 0 Å². The van der Waals surface area contributed by atoms with E-state index in [0.29, 0.717) is 20.8 Å². The van der Waals surface area contributed by atoms with Crippen LogP contribution in [-0.2, 0) is 0 Å². The minimum atomic E-state index is -0.342. The van der Waals surface area contributed by atoms with Crippen molar-refractivity contribution in [1.82, 2.24) is 4.90 Å². The van der Waals surface area contributed by atoms with Crippen molar-refractivity contribution in [1.29, 1.82) is 0 Å². The molecule has 0 radical (unpaired) electrons. The minimum absolute atomic E-state index is 0.0341. The zero-order chi connectivity index (χ0) is 13.3. The van der Waals surface area contributed by atoms with Crippen LogP contribution in [0.4, 0.5) is 4.39 Å². The molecule has 0 aliphatic carbocycles. The first-order valence-electron chi connectivity index (χ1n) is 5.87. The van der Waals surface area contributed by atoms with Crippen LogP contribution in [-0.4, -0.2) is 28.7 Å². The van der Waals surface area contributed by atoms with E-state index >= 15 is 0 Å². The molecule has 2 unspecified atom stereocenters. The van der Waals surface area contributed by atoms with Gasteiger partial charge in [-0.15, -0.1) is 0 Å². The Morgan fingerprint density at radius 3 is 2.83 bits per heavy atom. The molecule has 2 rings (SSSR count). The molecule has 1 amide bonds. The van der Waals surface area contributed by atoms with E-state index in [1.54, 1.807) is 0 Å². The lowest BCUT2D eigenvalue weighted by atomic mass is 9.99. The van der Waals surface area contributed by atoms with Gasteiger partial charge in [0, 0.05) is 22.4 Å². The highest BCUT2D eigenvalue weighted by atomic mass is 79.9. The summed E-state index contributed by atoms with van der Waals surface area (Å²) in [6.07, 6.45) is 0.950. The third kappa shape index (κ3) is 2.94. The van der Waals surface area contributed by atoms with Crippen molar-refractivity contribution in [2.75, 3.05) is 13.1 Å². The first-order valence-corrected chi connectivity index (χ1v) is 7.58. The van der Waals surface area contributed by atoms with Crippen LogP contribution in [0.15, 0.2) is 22.7 Å². The number of hydrogen-bond donors (Lipinski definition) is 0.